The summed E-state index contributed by atoms with van der Waals surface area (Å²) in [5, 5.41) is 6.54. The minimum Gasteiger partial charge on any atom is -0.352 e. The second-order valence-corrected chi connectivity index (χ2v) is 4.05. The third kappa shape index (κ3) is 2.96. The molecule has 0 aliphatic carbocycles. The van der Waals surface area contributed by atoms with Gasteiger partial charge in [-0.3, -0.25) is 9.48 Å². The van der Waals surface area contributed by atoms with Crippen molar-refractivity contribution in [2.45, 2.75) is 6.42 Å². The van der Waals surface area contributed by atoms with Gasteiger partial charge in [0.1, 0.15) is 0 Å². The first-order chi connectivity index (χ1) is 9.09. The molecule has 0 unspecified atom stereocenters. The Balaban J connectivity index is 1.95. The van der Waals surface area contributed by atoms with Crippen molar-refractivity contribution in [1.82, 2.24) is 15.1 Å². The number of carbonyl (C=O) groups is 1. The number of halogens is 2. The highest BCUT2D eigenvalue weighted by Crippen LogP contribution is 2.11. The summed E-state index contributed by atoms with van der Waals surface area (Å²) in [6, 6.07) is 5.35. The van der Waals surface area contributed by atoms with Crippen LogP contribution in [0, 0.1) is 11.6 Å². The maximum absolute atomic E-state index is 13.4. The number of benzene rings is 1. The summed E-state index contributed by atoms with van der Waals surface area (Å²) < 4.78 is 28.0. The maximum atomic E-state index is 13.4. The molecule has 1 aromatic heterocycles. The Morgan fingerprint density at radius 1 is 1.37 bits per heavy atom. The van der Waals surface area contributed by atoms with Crippen molar-refractivity contribution in [1.29, 1.82) is 0 Å². The van der Waals surface area contributed by atoms with Gasteiger partial charge in [0.25, 0.3) is 5.91 Å². The highest BCUT2D eigenvalue weighted by atomic mass is 19.2. The van der Waals surface area contributed by atoms with Crippen LogP contribution in [-0.2, 0) is 13.5 Å². The fourth-order valence-corrected chi connectivity index (χ4v) is 1.73. The van der Waals surface area contributed by atoms with Crippen molar-refractivity contribution >= 4 is 5.91 Å². The first-order valence-electron chi connectivity index (χ1n) is 5.78. The highest BCUT2D eigenvalue weighted by Gasteiger charge is 2.14. The molecule has 0 aliphatic heterocycles. The summed E-state index contributed by atoms with van der Waals surface area (Å²) in [7, 11) is 1.80. The Kier molecular flexibility index (Phi) is 3.89. The van der Waals surface area contributed by atoms with Gasteiger partial charge in [-0.1, -0.05) is 6.07 Å². The summed E-state index contributed by atoms with van der Waals surface area (Å²) in [6.07, 6.45) is 2.22. The van der Waals surface area contributed by atoms with Gasteiger partial charge in [-0.25, -0.2) is 8.78 Å². The van der Waals surface area contributed by atoms with Gasteiger partial charge in [0.2, 0.25) is 0 Å². The largest absolute Gasteiger partial charge is 0.352 e. The van der Waals surface area contributed by atoms with Crippen LogP contribution >= 0.6 is 0 Å². The van der Waals surface area contributed by atoms with E-state index in [1.165, 1.54) is 12.1 Å². The normalized spacial score (nSPS) is 10.5. The average molecular weight is 265 g/mol. The number of amides is 1. The van der Waals surface area contributed by atoms with Crippen LogP contribution in [-0.4, -0.2) is 22.2 Å². The average Bonchev–Trinajstić information content (AvgIpc) is 2.78. The molecule has 0 aliphatic rings. The van der Waals surface area contributed by atoms with Crippen molar-refractivity contribution in [2.75, 3.05) is 6.54 Å². The summed E-state index contributed by atoms with van der Waals surface area (Å²) >= 11 is 0. The lowest BCUT2D eigenvalue weighted by Crippen LogP contribution is -2.27. The lowest BCUT2D eigenvalue weighted by molar-refractivity contribution is 0.0949. The van der Waals surface area contributed by atoms with Crippen molar-refractivity contribution in [2.24, 2.45) is 7.05 Å². The van der Waals surface area contributed by atoms with Gasteiger partial charge in [0.05, 0.1) is 5.56 Å². The van der Waals surface area contributed by atoms with E-state index in [0.29, 0.717) is 13.0 Å². The van der Waals surface area contributed by atoms with E-state index < -0.39 is 17.5 Å². The fourth-order valence-electron chi connectivity index (χ4n) is 1.73. The van der Waals surface area contributed by atoms with Crippen molar-refractivity contribution < 1.29 is 13.6 Å². The van der Waals surface area contributed by atoms with Gasteiger partial charge in [0.15, 0.2) is 11.6 Å². The van der Waals surface area contributed by atoms with Gasteiger partial charge in [-0.15, -0.1) is 0 Å². The van der Waals surface area contributed by atoms with Crippen molar-refractivity contribution in [3.8, 4) is 0 Å². The summed E-state index contributed by atoms with van der Waals surface area (Å²) in [4.78, 5) is 11.7. The number of nitrogens with one attached hydrogen (secondary N) is 1. The first kappa shape index (κ1) is 13.2. The van der Waals surface area contributed by atoms with Crippen LogP contribution in [0.1, 0.15) is 16.1 Å². The number of aromatic nitrogens is 2. The lowest BCUT2D eigenvalue weighted by atomic mass is 10.2. The standard InChI is InChI=1S/C13H13F2N3O/c1-18-9(6-8-17-18)5-7-16-13(19)10-3-2-4-11(14)12(10)15/h2-4,6,8H,5,7H2,1H3,(H,16,19). The quantitative estimate of drug-likeness (QED) is 0.914. The molecule has 2 rings (SSSR count). The summed E-state index contributed by atoms with van der Waals surface area (Å²) in [5.74, 6) is -2.78. The van der Waals surface area contributed by atoms with E-state index in [2.05, 4.69) is 10.4 Å². The molecule has 2 aromatic rings. The molecule has 1 amide bonds. The molecule has 0 saturated carbocycles. The molecule has 100 valence electrons. The van der Waals surface area contributed by atoms with Gasteiger partial charge in [-0.2, -0.15) is 5.10 Å². The van der Waals surface area contributed by atoms with Crippen LogP contribution in [0.5, 0.6) is 0 Å². The first-order valence-corrected chi connectivity index (χ1v) is 5.78. The SMILES string of the molecule is Cn1nccc1CCNC(=O)c1cccc(F)c1F. The molecule has 1 N–H and O–H groups in total. The van der Waals surface area contributed by atoms with Crippen molar-refractivity contribution in [3.05, 3.63) is 53.4 Å². The van der Waals surface area contributed by atoms with Gasteiger partial charge >= 0.3 is 0 Å². The third-order valence-corrected chi connectivity index (χ3v) is 2.79. The molecule has 1 heterocycles. The molecule has 4 nitrogen and oxygen atoms in total. The van der Waals surface area contributed by atoms with Gasteiger partial charge in [0, 0.05) is 31.9 Å². The molecular formula is C13H13F2N3O. The molecule has 0 radical (unpaired) electrons. The molecule has 1 aromatic carbocycles. The molecule has 6 heteroatoms. The minimum absolute atomic E-state index is 0.287. The second kappa shape index (κ2) is 5.60. The minimum atomic E-state index is -1.12. The number of aryl methyl sites for hydroxylation is 1. The summed E-state index contributed by atoms with van der Waals surface area (Å²) in [5.41, 5.74) is 0.657. The topological polar surface area (TPSA) is 46.9 Å². The smallest absolute Gasteiger partial charge is 0.254 e. The van der Waals surface area contributed by atoms with E-state index >= 15 is 0 Å². The maximum Gasteiger partial charge on any atom is 0.254 e. The molecule has 0 spiro atoms. The zero-order valence-corrected chi connectivity index (χ0v) is 10.4. The van der Waals surface area contributed by atoms with Crippen LogP contribution in [0.25, 0.3) is 0 Å². The molecule has 0 bridgehead atoms. The number of rotatable bonds is 4. The van der Waals surface area contributed by atoms with Crippen LogP contribution in [0.15, 0.2) is 30.5 Å². The zero-order chi connectivity index (χ0) is 13.8. The van der Waals surface area contributed by atoms with Crippen molar-refractivity contribution in [3.63, 3.8) is 0 Å². The number of nitrogens with zero attached hydrogens (tertiary/aromatic N) is 2. The third-order valence-electron chi connectivity index (χ3n) is 2.79. The van der Waals surface area contributed by atoms with E-state index in [1.807, 2.05) is 6.07 Å². The monoisotopic (exact) mass is 265 g/mol. The van der Waals surface area contributed by atoms with Crippen LogP contribution in [0.4, 0.5) is 8.78 Å². The van der Waals surface area contributed by atoms with E-state index in [4.69, 9.17) is 0 Å². The summed E-state index contributed by atoms with van der Waals surface area (Å²) in [6.45, 7) is 0.328. The number of hydrogen-bond acceptors (Lipinski definition) is 2. The predicted octanol–water partition coefficient (Wildman–Crippen LogP) is 1.67. The Bertz CT molecular complexity index is 595. The zero-order valence-electron chi connectivity index (χ0n) is 10.4. The lowest BCUT2D eigenvalue weighted by Gasteiger charge is -2.06. The van der Waals surface area contributed by atoms with Crippen LogP contribution in [0.3, 0.4) is 0 Å². The fraction of sp³-hybridized carbons (Fsp3) is 0.231. The second-order valence-electron chi connectivity index (χ2n) is 4.05. The molecule has 0 fully saturated rings. The molecular weight excluding hydrogens is 252 g/mol. The Hall–Kier alpha value is -2.24. The van der Waals surface area contributed by atoms with Gasteiger partial charge in [-0.05, 0) is 18.2 Å². The van der Waals surface area contributed by atoms with E-state index in [-0.39, 0.29) is 5.56 Å². The highest BCUT2D eigenvalue weighted by molar-refractivity contribution is 5.94. The molecule has 0 atom stereocenters. The Morgan fingerprint density at radius 3 is 2.84 bits per heavy atom. The number of carbonyl (C=O) groups excluding carboxylic acids is 1. The van der Waals surface area contributed by atoms with E-state index in [0.717, 1.165) is 11.8 Å². The van der Waals surface area contributed by atoms with Crippen LogP contribution in [0.2, 0.25) is 0 Å². The number of hydrogen-bond donors (Lipinski definition) is 1. The van der Waals surface area contributed by atoms with E-state index in [1.54, 1.807) is 17.9 Å². The molecule has 0 saturated heterocycles. The van der Waals surface area contributed by atoms with Gasteiger partial charge < -0.3 is 5.32 Å². The van der Waals surface area contributed by atoms with Crippen LogP contribution < -0.4 is 5.32 Å². The Labute approximate surface area is 109 Å². The molecule has 19 heavy (non-hydrogen) atoms. The van der Waals surface area contributed by atoms with E-state index in [9.17, 15) is 13.6 Å². The Morgan fingerprint density at radius 2 is 2.16 bits per heavy atom. The predicted molar refractivity (Wildman–Crippen MR) is 65.6 cm³/mol.